The fourth-order valence-corrected chi connectivity index (χ4v) is 4.27. The van der Waals surface area contributed by atoms with Crippen LogP contribution in [0.15, 0.2) is 53.5 Å². The van der Waals surface area contributed by atoms with E-state index in [1.165, 1.54) is 6.42 Å². The molecule has 6 nitrogen and oxygen atoms in total. The largest absolute Gasteiger partial charge is 0.457 e. The molecule has 0 radical (unpaired) electrons. The molecule has 2 aromatic rings. The fourth-order valence-electron chi connectivity index (χ4n) is 4.27. The van der Waals surface area contributed by atoms with Crippen molar-refractivity contribution in [2.75, 3.05) is 0 Å². The van der Waals surface area contributed by atoms with Gasteiger partial charge in [0.05, 0.1) is 5.69 Å². The van der Waals surface area contributed by atoms with Gasteiger partial charge in [0.15, 0.2) is 5.96 Å². The van der Waals surface area contributed by atoms with Gasteiger partial charge in [0, 0.05) is 12.1 Å². The van der Waals surface area contributed by atoms with Crippen molar-refractivity contribution < 1.29 is 9.53 Å². The topological polar surface area (TPSA) is 93.9 Å². The van der Waals surface area contributed by atoms with Crippen LogP contribution in [0.3, 0.4) is 0 Å². The highest BCUT2D eigenvalue weighted by atomic mass is 16.5. The number of carbonyl (C=O) groups is 1. The Bertz CT molecular complexity index is 875. The number of fused-ring (bicyclic) bond motifs is 1. The Hall–Kier alpha value is -3.02. The molecule has 146 valence electrons. The molecule has 0 saturated heterocycles. The molecule has 1 atom stereocenters. The minimum Gasteiger partial charge on any atom is -0.457 e. The third-order valence-electron chi connectivity index (χ3n) is 5.62. The van der Waals surface area contributed by atoms with Crippen molar-refractivity contribution in [3.05, 3.63) is 54.1 Å². The molecule has 6 heteroatoms. The smallest absolute Gasteiger partial charge is 0.240 e. The summed E-state index contributed by atoms with van der Waals surface area (Å²) >= 11 is 0. The van der Waals surface area contributed by atoms with Crippen LogP contribution in [-0.2, 0) is 11.3 Å². The standard InChI is InChI=1S/C22H26N4O2/c23-21(27)20(15-7-3-1-4-8-15)26-14-16-13-18(11-12-19(16)25-22(26)24)28-17-9-5-2-6-10-17/h2,5-6,9-13,15,20H,1,3-4,7-8,14H2,(H2,23,27)(H2,24,25)/t20-/m1/s1. The van der Waals surface area contributed by atoms with Crippen LogP contribution in [0.1, 0.15) is 37.7 Å². The second-order valence-corrected chi connectivity index (χ2v) is 7.55. The molecule has 4 rings (SSSR count). The molecule has 2 aliphatic rings. The average Bonchev–Trinajstić information content (AvgIpc) is 2.70. The number of amides is 1. The number of para-hydroxylation sites is 1. The number of guanidine groups is 1. The van der Waals surface area contributed by atoms with Crippen molar-refractivity contribution in [1.82, 2.24) is 4.90 Å². The lowest BCUT2D eigenvalue weighted by Crippen LogP contribution is -2.54. The van der Waals surface area contributed by atoms with Gasteiger partial charge in [0.25, 0.3) is 0 Å². The zero-order valence-electron chi connectivity index (χ0n) is 15.9. The van der Waals surface area contributed by atoms with Crippen molar-refractivity contribution in [1.29, 1.82) is 0 Å². The number of hydrogen-bond donors (Lipinski definition) is 2. The quantitative estimate of drug-likeness (QED) is 0.830. The van der Waals surface area contributed by atoms with E-state index in [-0.39, 0.29) is 11.8 Å². The first kappa shape index (κ1) is 18.3. The Morgan fingerprint density at radius 3 is 2.54 bits per heavy atom. The molecule has 1 aliphatic heterocycles. The van der Waals surface area contributed by atoms with E-state index in [2.05, 4.69) is 4.99 Å². The third kappa shape index (κ3) is 3.81. The maximum atomic E-state index is 12.3. The number of benzene rings is 2. The predicted molar refractivity (Wildman–Crippen MR) is 109 cm³/mol. The summed E-state index contributed by atoms with van der Waals surface area (Å²) in [6.07, 6.45) is 5.48. The number of hydrogen-bond acceptors (Lipinski definition) is 5. The van der Waals surface area contributed by atoms with Crippen LogP contribution in [0.2, 0.25) is 0 Å². The van der Waals surface area contributed by atoms with E-state index in [9.17, 15) is 4.79 Å². The number of primary amides is 1. The first-order valence-electron chi connectivity index (χ1n) is 9.88. The van der Waals surface area contributed by atoms with Gasteiger partial charge in [-0.2, -0.15) is 0 Å². The summed E-state index contributed by atoms with van der Waals surface area (Å²) in [7, 11) is 0. The van der Waals surface area contributed by atoms with Crippen LogP contribution in [0, 0.1) is 5.92 Å². The van der Waals surface area contributed by atoms with E-state index in [1.54, 1.807) is 0 Å². The van der Waals surface area contributed by atoms with Gasteiger partial charge in [0.1, 0.15) is 17.5 Å². The highest BCUT2D eigenvalue weighted by molar-refractivity contribution is 5.90. The van der Waals surface area contributed by atoms with E-state index >= 15 is 0 Å². The molecular weight excluding hydrogens is 352 g/mol. The molecule has 0 spiro atoms. The molecule has 0 unspecified atom stereocenters. The van der Waals surface area contributed by atoms with E-state index in [0.29, 0.717) is 12.5 Å². The molecule has 28 heavy (non-hydrogen) atoms. The number of ether oxygens (including phenoxy) is 1. The van der Waals surface area contributed by atoms with Gasteiger partial charge < -0.3 is 21.1 Å². The van der Waals surface area contributed by atoms with Gasteiger partial charge >= 0.3 is 0 Å². The van der Waals surface area contributed by atoms with Crippen LogP contribution in [-0.4, -0.2) is 22.8 Å². The Balaban J connectivity index is 1.59. The van der Waals surface area contributed by atoms with Gasteiger partial charge in [-0.3, -0.25) is 4.79 Å². The molecule has 0 aromatic heterocycles. The summed E-state index contributed by atoms with van der Waals surface area (Å²) in [5.41, 5.74) is 13.8. The molecule has 1 aliphatic carbocycles. The minimum absolute atomic E-state index is 0.227. The van der Waals surface area contributed by atoms with Gasteiger partial charge in [-0.25, -0.2) is 4.99 Å². The monoisotopic (exact) mass is 378 g/mol. The van der Waals surface area contributed by atoms with Gasteiger partial charge in [0.2, 0.25) is 5.91 Å². The zero-order chi connectivity index (χ0) is 19.5. The van der Waals surface area contributed by atoms with Gasteiger partial charge in [-0.15, -0.1) is 0 Å². The molecular formula is C22H26N4O2. The number of nitrogens with zero attached hydrogens (tertiary/aromatic N) is 2. The first-order valence-corrected chi connectivity index (χ1v) is 9.88. The van der Waals surface area contributed by atoms with E-state index in [0.717, 1.165) is 48.4 Å². The number of rotatable bonds is 5. The molecule has 4 N–H and O–H groups in total. The Kier molecular flexibility index (Phi) is 5.19. The lowest BCUT2D eigenvalue weighted by atomic mass is 9.82. The van der Waals surface area contributed by atoms with E-state index < -0.39 is 6.04 Å². The maximum Gasteiger partial charge on any atom is 0.240 e. The van der Waals surface area contributed by atoms with E-state index in [4.69, 9.17) is 16.2 Å². The second kappa shape index (κ2) is 7.92. The summed E-state index contributed by atoms with van der Waals surface area (Å²) in [6.45, 7) is 0.501. The number of nitrogens with two attached hydrogens (primary N) is 2. The van der Waals surface area contributed by atoms with Gasteiger partial charge in [-0.1, -0.05) is 37.5 Å². The Labute approximate surface area is 165 Å². The van der Waals surface area contributed by atoms with Crippen LogP contribution in [0.25, 0.3) is 0 Å². The van der Waals surface area contributed by atoms with Crippen molar-refractivity contribution in [2.24, 2.45) is 22.4 Å². The maximum absolute atomic E-state index is 12.3. The lowest BCUT2D eigenvalue weighted by Gasteiger charge is -2.39. The van der Waals surface area contributed by atoms with Crippen LogP contribution >= 0.6 is 0 Å². The average molecular weight is 378 g/mol. The molecule has 2 aromatic carbocycles. The predicted octanol–water partition coefficient (Wildman–Crippen LogP) is 3.67. The molecule has 1 saturated carbocycles. The SMILES string of the molecule is NC(=O)[C@@H](C1CCCCC1)N1Cc2cc(Oc3ccccc3)ccc2N=C1N. The number of carbonyl (C=O) groups excluding carboxylic acids is 1. The normalized spacial score (nSPS) is 18.1. The molecule has 1 amide bonds. The van der Waals surface area contributed by atoms with E-state index in [1.807, 2.05) is 53.4 Å². The summed E-state index contributed by atoms with van der Waals surface area (Å²) in [5, 5.41) is 0. The lowest BCUT2D eigenvalue weighted by molar-refractivity contribution is -0.124. The van der Waals surface area contributed by atoms with Crippen LogP contribution in [0.4, 0.5) is 5.69 Å². The molecule has 0 bridgehead atoms. The summed E-state index contributed by atoms with van der Waals surface area (Å²) in [5.74, 6) is 1.76. The molecule has 1 heterocycles. The summed E-state index contributed by atoms with van der Waals surface area (Å²) in [4.78, 5) is 18.7. The summed E-state index contributed by atoms with van der Waals surface area (Å²) < 4.78 is 5.94. The number of aliphatic imine (C=N–C) groups is 1. The van der Waals surface area contributed by atoms with Crippen molar-refractivity contribution >= 4 is 17.6 Å². The Morgan fingerprint density at radius 2 is 1.82 bits per heavy atom. The summed E-state index contributed by atoms with van der Waals surface area (Å²) in [6, 6.07) is 15.0. The highest BCUT2D eigenvalue weighted by Crippen LogP contribution is 2.35. The Morgan fingerprint density at radius 1 is 1.07 bits per heavy atom. The van der Waals surface area contributed by atoms with Crippen LogP contribution in [0.5, 0.6) is 11.5 Å². The molecule has 1 fully saturated rings. The third-order valence-corrected chi connectivity index (χ3v) is 5.62. The fraction of sp³-hybridized carbons (Fsp3) is 0.364. The first-order chi connectivity index (χ1) is 13.6. The minimum atomic E-state index is -0.420. The van der Waals surface area contributed by atoms with Crippen molar-refractivity contribution in [2.45, 2.75) is 44.7 Å². The van der Waals surface area contributed by atoms with Crippen molar-refractivity contribution in [3.63, 3.8) is 0 Å². The second-order valence-electron chi connectivity index (χ2n) is 7.55. The zero-order valence-corrected chi connectivity index (χ0v) is 15.9. The van der Waals surface area contributed by atoms with Crippen LogP contribution < -0.4 is 16.2 Å². The van der Waals surface area contributed by atoms with Crippen molar-refractivity contribution in [3.8, 4) is 11.5 Å². The highest BCUT2D eigenvalue weighted by Gasteiger charge is 2.36. The van der Waals surface area contributed by atoms with Gasteiger partial charge in [-0.05, 0) is 49.1 Å².